The Labute approximate surface area is 339 Å². The van der Waals surface area contributed by atoms with E-state index < -0.39 is 13.9 Å². The molecule has 4 heterocycles. The van der Waals surface area contributed by atoms with Crippen LogP contribution in [0, 0.1) is 5.92 Å². The average Bonchev–Trinajstić information content (AvgIpc) is 3.51. The summed E-state index contributed by atoms with van der Waals surface area (Å²) in [5.41, 5.74) is 5.36. The number of hydrogen-bond donors (Lipinski definition) is 0. The van der Waals surface area contributed by atoms with E-state index in [1.54, 1.807) is 0 Å². The number of amides is 1. The number of pyridine rings is 1. The summed E-state index contributed by atoms with van der Waals surface area (Å²) in [6.45, 7) is 16.7. The van der Waals surface area contributed by atoms with Crippen LogP contribution in [0.3, 0.4) is 0 Å². The van der Waals surface area contributed by atoms with Crippen molar-refractivity contribution in [3.8, 4) is 23.0 Å². The van der Waals surface area contributed by atoms with Crippen molar-refractivity contribution in [3.63, 3.8) is 0 Å². The first kappa shape index (κ1) is 40.3. The van der Waals surface area contributed by atoms with Gasteiger partial charge in [-0.05, 0) is 114 Å². The van der Waals surface area contributed by atoms with Crippen LogP contribution in [0.4, 0.5) is 10.5 Å². The SMILES string of the molecule is Cn1nc(-c2ccc(OCc3ccccc3)nc2OCc2ccccc2)c2ccc(N3CCC(CC4(O[Si](C)(C)C)CCN(C(=O)OC(C)(C)C)CC4)CC3)cc21. The quantitative estimate of drug-likeness (QED) is 0.115. The van der Waals surface area contributed by atoms with Crippen LogP contribution < -0.4 is 14.4 Å². The lowest BCUT2D eigenvalue weighted by Crippen LogP contribution is -2.53. The number of piperidine rings is 2. The van der Waals surface area contributed by atoms with Gasteiger partial charge in [0.25, 0.3) is 0 Å². The number of likely N-dealkylation sites (tertiary alicyclic amines) is 1. The van der Waals surface area contributed by atoms with Gasteiger partial charge in [0, 0.05) is 50.4 Å². The molecule has 0 aliphatic carbocycles. The highest BCUT2D eigenvalue weighted by molar-refractivity contribution is 6.69. The summed E-state index contributed by atoms with van der Waals surface area (Å²) in [7, 11) is 0.179. The molecular weight excluding hydrogens is 731 g/mol. The second-order valence-electron chi connectivity index (χ2n) is 17.7. The number of nitrogens with zero attached hydrogens (tertiary/aromatic N) is 5. The zero-order valence-corrected chi connectivity index (χ0v) is 35.8. The topological polar surface area (TPSA) is 91.2 Å². The van der Waals surface area contributed by atoms with E-state index in [9.17, 15) is 4.79 Å². The molecule has 2 fully saturated rings. The molecule has 10 nitrogen and oxygen atoms in total. The lowest BCUT2D eigenvalue weighted by Gasteiger charge is -2.47. The first-order chi connectivity index (χ1) is 27.2. The van der Waals surface area contributed by atoms with E-state index in [4.69, 9.17) is 28.7 Å². The fourth-order valence-corrected chi connectivity index (χ4v) is 9.82. The third-order valence-corrected chi connectivity index (χ3v) is 11.9. The van der Waals surface area contributed by atoms with Gasteiger partial charge in [0.15, 0.2) is 8.32 Å². The number of ether oxygens (including phenoxy) is 3. The number of anilines is 1. The minimum absolute atomic E-state index is 0.190. The van der Waals surface area contributed by atoms with Crippen molar-refractivity contribution in [1.29, 1.82) is 0 Å². The average molecular weight is 790 g/mol. The Balaban J connectivity index is 1.05. The summed E-state index contributed by atoms with van der Waals surface area (Å²) in [4.78, 5) is 22.1. The lowest BCUT2D eigenvalue weighted by atomic mass is 9.79. The number of hydrogen-bond acceptors (Lipinski definition) is 8. The van der Waals surface area contributed by atoms with Crippen molar-refractivity contribution in [3.05, 3.63) is 102 Å². The number of aryl methyl sites for hydroxylation is 1. The van der Waals surface area contributed by atoms with Crippen LogP contribution in [0.25, 0.3) is 22.2 Å². The third-order valence-electron chi connectivity index (χ3n) is 10.9. The molecule has 7 rings (SSSR count). The normalized spacial score (nSPS) is 16.5. The standard InChI is InChI=1S/C46H59N5O5Si/c1-45(2,3)55-44(52)51-28-24-46(25-29-51,56-57(5,6)7)31-34-22-26-50(27-23-34)37-18-19-38-40(30-37)49(4)48-42(38)39-20-21-41(53-32-35-14-10-8-11-15-35)47-43(39)54-33-36-16-12-9-13-17-36/h8-21,30,34H,22-29,31-33H2,1-7H3. The molecule has 2 aliphatic heterocycles. The highest BCUT2D eigenvalue weighted by Crippen LogP contribution is 2.41. The number of aromatic nitrogens is 3. The van der Waals surface area contributed by atoms with E-state index in [2.05, 4.69) is 42.7 Å². The zero-order chi connectivity index (χ0) is 40.2. The van der Waals surface area contributed by atoms with E-state index in [1.165, 1.54) is 5.69 Å². The Bertz CT molecular complexity index is 2110. The molecule has 0 atom stereocenters. The molecule has 302 valence electrons. The largest absolute Gasteiger partial charge is 0.473 e. The van der Waals surface area contributed by atoms with Crippen molar-refractivity contribution in [2.45, 2.75) is 96.9 Å². The van der Waals surface area contributed by atoms with Crippen molar-refractivity contribution >= 4 is 31.0 Å². The molecule has 11 heteroatoms. The second-order valence-corrected chi connectivity index (χ2v) is 22.2. The smallest absolute Gasteiger partial charge is 0.410 e. The summed E-state index contributed by atoms with van der Waals surface area (Å²) >= 11 is 0. The first-order valence-electron chi connectivity index (χ1n) is 20.5. The van der Waals surface area contributed by atoms with Gasteiger partial charge in [-0.1, -0.05) is 60.7 Å². The van der Waals surface area contributed by atoms with Gasteiger partial charge in [-0.2, -0.15) is 10.1 Å². The molecular formula is C46H59N5O5Si. The van der Waals surface area contributed by atoms with Crippen molar-refractivity contribution < 1.29 is 23.4 Å². The number of benzene rings is 3. The van der Waals surface area contributed by atoms with Crippen LogP contribution in [-0.2, 0) is 29.4 Å². The van der Waals surface area contributed by atoms with Gasteiger partial charge in [-0.3, -0.25) is 4.68 Å². The van der Waals surface area contributed by atoms with E-state index in [-0.39, 0.29) is 11.7 Å². The van der Waals surface area contributed by atoms with Gasteiger partial charge in [-0.15, -0.1) is 0 Å². The molecule has 1 amide bonds. The third kappa shape index (κ3) is 10.4. The van der Waals surface area contributed by atoms with Gasteiger partial charge < -0.3 is 28.4 Å². The molecule has 0 spiro atoms. The predicted molar refractivity (Wildman–Crippen MR) is 229 cm³/mol. The number of carbonyl (C=O) groups excluding carboxylic acids is 1. The van der Waals surface area contributed by atoms with Crippen LogP contribution in [-0.4, -0.2) is 71.5 Å². The Morgan fingerprint density at radius 1 is 0.825 bits per heavy atom. The molecule has 0 unspecified atom stereocenters. The van der Waals surface area contributed by atoms with Crippen molar-refractivity contribution in [1.82, 2.24) is 19.7 Å². The molecule has 0 N–H and O–H groups in total. The summed E-state index contributed by atoms with van der Waals surface area (Å²) in [6.07, 6.45) is 4.74. The summed E-state index contributed by atoms with van der Waals surface area (Å²) in [6, 6.07) is 30.8. The van der Waals surface area contributed by atoms with Gasteiger partial charge in [-0.25, -0.2) is 4.79 Å². The maximum Gasteiger partial charge on any atom is 0.410 e. The van der Waals surface area contributed by atoms with Crippen LogP contribution in [0.2, 0.25) is 19.6 Å². The minimum Gasteiger partial charge on any atom is -0.473 e. The Hall–Kier alpha value is -4.87. The highest BCUT2D eigenvalue weighted by Gasteiger charge is 2.42. The monoisotopic (exact) mass is 789 g/mol. The number of fused-ring (bicyclic) bond motifs is 1. The Kier molecular flexibility index (Phi) is 12.0. The summed E-state index contributed by atoms with van der Waals surface area (Å²) in [5, 5.41) is 6.07. The molecule has 2 aliphatic rings. The zero-order valence-electron chi connectivity index (χ0n) is 34.8. The fraction of sp³-hybridized carbons (Fsp3) is 0.457. The number of carbonyl (C=O) groups is 1. The molecule has 57 heavy (non-hydrogen) atoms. The van der Waals surface area contributed by atoms with E-state index in [0.717, 1.165) is 78.5 Å². The van der Waals surface area contributed by atoms with Crippen LogP contribution in [0.15, 0.2) is 91.0 Å². The van der Waals surface area contributed by atoms with Crippen LogP contribution in [0.1, 0.15) is 64.0 Å². The molecule has 0 radical (unpaired) electrons. The van der Waals surface area contributed by atoms with Crippen LogP contribution >= 0.6 is 0 Å². The van der Waals surface area contributed by atoms with E-state index in [0.29, 0.717) is 44.0 Å². The van der Waals surface area contributed by atoms with Gasteiger partial charge >= 0.3 is 6.09 Å². The van der Waals surface area contributed by atoms with E-state index in [1.807, 2.05) is 110 Å². The van der Waals surface area contributed by atoms with Crippen molar-refractivity contribution in [2.24, 2.45) is 13.0 Å². The van der Waals surface area contributed by atoms with Gasteiger partial charge in [0.1, 0.15) is 24.5 Å². The highest BCUT2D eigenvalue weighted by atomic mass is 28.4. The number of rotatable bonds is 12. The van der Waals surface area contributed by atoms with Crippen molar-refractivity contribution in [2.75, 3.05) is 31.1 Å². The second kappa shape index (κ2) is 16.9. The lowest BCUT2D eigenvalue weighted by molar-refractivity contribution is -0.0350. The Morgan fingerprint density at radius 2 is 1.46 bits per heavy atom. The van der Waals surface area contributed by atoms with Gasteiger partial charge in [0.05, 0.1) is 16.7 Å². The molecule has 3 aromatic carbocycles. The first-order valence-corrected chi connectivity index (χ1v) is 23.9. The van der Waals surface area contributed by atoms with E-state index >= 15 is 0 Å². The molecule has 2 saturated heterocycles. The fourth-order valence-electron chi connectivity index (χ4n) is 8.24. The molecule has 0 bridgehead atoms. The van der Waals surface area contributed by atoms with Gasteiger partial charge in [0.2, 0.25) is 11.8 Å². The minimum atomic E-state index is -1.82. The molecule has 5 aromatic rings. The Morgan fingerprint density at radius 3 is 2.07 bits per heavy atom. The molecule has 0 saturated carbocycles. The predicted octanol–water partition coefficient (Wildman–Crippen LogP) is 10.0. The summed E-state index contributed by atoms with van der Waals surface area (Å²) < 4.78 is 27.2. The summed E-state index contributed by atoms with van der Waals surface area (Å²) in [5.74, 6) is 1.56. The maximum atomic E-state index is 12.9. The molecule has 2 aromatic heterocycles. The maximum absolute atomic E-state index is 12.9. The van der Waals surface area contributed by atoms with Crippen LogP contribution in [0.5, 0.6) is 11.8 Å².